The highest BCUT2D eigenvalue weighted by Gasteiger charge is 2.26. The third kappa shape index (κ3) is 4.50. The van der Waals surface area contributed by atoms with Gasteiger partial charge in [0.25, 0.3) is 0 Å². The zero-order chi connectivity index (χ0) is 24.5. The number of nitrogens with zero attached hydrogens (tertiary/aromatic N) is 5. The summed E-state index contributed by atoms with van der Waals surface area (Å²) in [6.07, 6.45) is 2.79. The van der Waals surface area contributed by atoms with Gasteiger partial charge in [-0.3, -0.25) is 14.7 Å². The number of aliphatic hydroxyl groups excluding tert-OH is 1. The van der Waals surface area contributed by atoms with Crippen LogP contribution < -0.4 is 5.32 Å². The third-order valence-electron chi connectivity index (χ3n) is 6.88. The zero-order valence-corrected chi connectivity index (χ0v) is 19.7. The monoisotopic (exact) mass is 472 g/mol. The fourth-order valence-electron chi connectivity index (χ4n) is 5.00. The molecular formula is C26H28N6O3. The molecule has 4 heterocycles. The van der Waals surface area contributed by atoms with Gasteiger partial charge in [-0.1, -0.05) is 0 Å². The number of urea groups is 1. The van der Waals surface area contributed by atoms with E-state index in [-0.39, 0.29) is 24.5 Å². The second-order valence-electron chi connectivity index (χ2n) is 9.25. The van der Waals surface area contributed by atoms with Gasteiger partial charge in [-0.25, -0.2) is 4.79 Å². The predicted octanol–water partition coefficient (Wildman–Crippen LogP) is 2.37. The number of aliphatic hydroxyl groups is 1. The average Bonchev–Trinajstić information content (AvgIpc) is 3.39. The topological polar surface area (TPSA) is 114 Å². The molecule has 5 rings (SSSR count). The quantitative estimate of drug-likeness (QED) is 0.533. The number of ketones is 1. The highest BCUT2D eigenvalue weighted by atomic mass is 16.3. The molecule has 0 aliphatic carbocycles. The highest BCUT2D eigenvalue weighted by molar-refractivity contribution is 6.09. The van der Waals surface area contributed by atoms with Gasteiger partial charge in [-0.15, -0.1) is 0 Å². The Hall–Kier alpha value is -3.74. The molecule has 2 saturated heterocycles. The number of likely N-dealkylation sites (tertiary alicyclic amines) is 1. The smallest absolute Gasteiger partial charge is 0.317 e. The van der Waals surface area contributed by atoms with Crippen LogP contribution in [0.2, 0.25) is 0 Å². The number of rotatable bonds is 6. The first-order valence-corrected chi connectivity index (χ1v) is 11.9. The lowest BCUT2D eigenvalue weighted by atomic mass is 10.1. The summed E-state index contributed by atoms with van der Waals surface area (Å²) >= 11 is 0. The van der Waals surface area contributed by atoms with Crippen LogP contribution in [-0.2, 0) is 6.54 Å². The number of aromatic nitrogens is 2. The molecule has 2 N–H and O–H groups in total. The fraction of sp³-hybridized carbons (Fsp3) is 0.385. The molecule has 2 aliphatic heterocycles. The number of fused-ring (bicyclic) bond motifs is 1. The van der Waals surface area contributed by atoms with Gasteiger partial charge >= 0.3 is 6.03 Å². The fourth-order valence-corrected chi connectivity index (χ4v) is 5.00. The third-order valence-corrected chi connectivity index (χ3v) is 6.88. The lowest BCUT2D eigenvalue weighted by Crippen LogP contribution is -2.39. The van der Waals surface area contributed by atoms with E-state index in [4.69, 9.17) is 4.98 Å². The van der Waals surface area contributed by atoms with Gasteiger partial charge in [0, 0.05) is 50.3 Å². The Morgan fingerprint density at radius 2 is 1.97 bits per heavy atom. The molecule has 2 amide bonds. The number of amides is 2. The van der Waals surface area contributed by atoms with E-state index < -0.39 is 0 Å². The maximum Gasteiger partial charge on any atom is 0.317 e. The Bertz CT molecular complexity index is 1320. The average molecular weight is 473 g/mol. The van der Waals surface area contributed by atoms with Gasteiger partial charge in [-0.05, 0) is 55.7 Å². The van der Waals surface area contributed by atoms with Crippen molar-refractivity contribution in [2.24, 2.45) is 0 Å². The number of hydrogen-bond acceptors (Lipinski definition) is 6. The zero-order valence-electron chi connectivity index (χ0n) is 19.7. The molecule has 0 saturated carbocycles. The van der Waals surface area contributed by atoms with Crippen LogP contribution in [-0.4, -0.2) is 75.1 Å². The van der Waals surface area contributed by atoms with E-state index in [0.29, 0.717) is 62.2 Å². The van der Waals surface area contributed by atoms with Crippen LogP contribution in [0.1, 0.15) is 40.0 Å². The lowest BCUT2D eigenvalue weighted by molar-refractivity contribution is 0.0711. The minimum Gasteiger partial charge on any atom is -0.393 e. The summed E-state index contributed by atoms with van der Waals surface area (Å²) in [7, 11) is 0. The standard InChI is InChI=1S/C26H28N6O3/c1-17-24(23(34)16-30-9-6-21(33)7-10-30)25-22(32(17)20-4-2-18(13-27)3-5-20)12-19(14-29-25)15-31-11-8-28-26(31)35/h2-5,12,14,21,33H,6-11,15-16H2,1H3,(H,28,35). The molecule has 2 aromatic heterocycles. The van der Waals surface area contributed by atoms with Crippen molar-refractivity contribution in [1.29, 1.82) is 5.26 Å². The first-order chi connectivity index (χ1) is 16.9. The summed E-state index contributed by atoms with van der Waals surface area (Å²) in [5, 5.41) is 21.8. The van der Waals surface area contributed by atoms with Crippen molar-refractivity contribution in [3.63, 3.8) is 0 Å². The Morgan fingerprint density at radius 3 is 2.63 bits per heavy atom. The van der Waals surface area contributed by atoms with Crippen LogP contribution in [0.3, 0.4) is 0 Å². The molecule has 180 valence electrons. The Kier molecular flexibility index (Phi) is 6.24. The molecule has 9 nitrogen and oxygen atoms in total. The SMILES string of the molecule is Cc1c(C(=O)CN2CCC(O)CC2)c2ncc(CN3CCNC3=O)cc2n1-c1ccc(C#N)cc1. The Balaban J connectivity index is 1.55. The van der Waals surface area contributed by atoms with E-state index in [0.717, 1.165) is 22.5 Å². The van der Waals surface area contributed by atoms with E-state index in [1.807, 2.05) is 29.7 Å². The van der Waals surface area contributed by atoms with Gasteiger partial charge in [0.1, 0.15) is 0 Å². The maximum atomic E-state index is 13.5. The van der Waals surface area contributed by atoms with Crippen LogP contribution in [0.4, 0.5) is 4.79 Å². The van der Waals surface area contributed by atoms with Crippen molar-refractivity contribution in [3.8, 4) is 11.8 Å². The molecule has 0 atom stereocenters. The van der Waals surface area contributed by atoms with E-state index in [9.17, 15) is 20.0 Å². The number of benzene rings is 1. The summed E-state index contributed by atoms with van der Waals surface area (Å²) in [4.78, 5) is 34.1. The van der Waals surface area contributed by atoms with Gasteiger partial charge in [0.2, 0.25) is 0 Å². The number of nitrogens with one attached hydrogen (secondary N) is 1. The van der Waals surface area contributed by atoms with Crippen molar-refractivity contribution in [2.45, 2.75) is 32.4 Å². The van der Waals surface area contributed by atoms with Crippen molar-refractivity contribution < 1.29 is 14.7 Å². The van der Waals surface area contributed by atoms with Gasteiger partial charge < -0.3 is 19.9 Å². The first-order valence-electron chi connectivity index (χ1n) is 11.9. The lowest BCUT2D eigenvalue weighted by Gasteiger charge is -2.28. The summed E-state index contributed by atoms with van der Waals surface area (Å²) in [6.45, 7) is 5.28. The predicted molar refractivity (Wildman–Crippen MR) is 130 cm³/mol. The molecule has 9 heteroatoms. The molecule has 0 unspecified atom stereocenters. The van der Waals surface area contributed by atoms with Gasteiger partial charge in [0.15, 0.2) is 5.78 Å². The molecular weight excluding hydrogens is 444 g/mol. The van der Waals surface area contributed by atoms with Crippen LogP contribution in [0.25, 0.3) is 16.7 Å². The highest BCUT2D eigenvalue weighted by Crippen LogP contribution is 2.30. The number of hydrogen-bond donors (Lipinski definition) is 2. The Morgan fingerprint density at radius 1 is 1.23 bits per heavy atom. The molecule has 0 bridgehead atoms. The summed E-state index contributed by atoms with van der Waals surface area (Å²) < 4.78 is 2.00. The summed E-state index contributed by atoms with van der Waals surface area (Å²) in [5.74, 6) is -0.00421. The number of carbonyl (C=O) groups is 2. The van der Waals surface area contributed by atoms with Crippen molar-refractivity contribution in [3.05, 3.63) is 58.9 Å². The minimum atomic E-state index is -0.292. The molecule has 1 aromatic carbocycles. The first kappa shape index (κ1) is 23.0. The van der Waals surface area contributed by atoms with Crippen LogP contribution in [0.5, 0.6) is 0 Å². The van der Waals surface area contributed by atoms with Gasteiger partial charge in [-0.2, -0.15) is 5.26 Å². The molecule has 0 spiro atoms. The summed E-state index contributed by atoms with van der Waals surface area (Å²) in [6, 6.07) is 11.3. The minimum absolute atomic E-state index is 0.00421. The number of Topliss-reactive ketones (excluding diaryl/α,β-unsaturated/α-hetero) is 1. The summed E-state index contributed by atoms with van der Waals surface area (Å²) in [5.41, 5.74) is 5.07. The number of nitriles is 1. The molecule has 2 fully saturated rings. The van der Waals surface area contributed by atoms with Crippen LogP contribution in [0, 0.1) is 18.3 Å². The molecule has 2 aliphatic rings. The van der Waals surface area contributed by atoms with Crippen LogP contribution >= 0.6 is 0 Å². The van der Waals surface area contributed by atoms with E-state index >= 15 is 0 Å². The number of carbonyl (C=O) groups excluding carboxylic acids is 2. The van der Waals surface area contributed by atoms with Crippen molar-refractivity contribution in [2.75, 3.05) is 32.7 Å². The van der Waals surface area contributed by atoms with Crippen LogP contribution in [0.15, 0.2) is 36.5 Å². The van der Waals surface area contributed by atoms with Crippen molar-refractivity contribution in [1.82, 2.24) is 24.7 Å². The van der Waals surface area contributed by atoms with E-state index in [2.05, 4.69) is 16.3 Å². The number of piperidine rings is 1. The maximum absolute atomic E-state index is 13.5. The van der Waals surface area contributed by atoms with E-state index in [1.165, 1.54) is 0 Å². The largest absolute Gasteiger partial charge is 0.393 e. The molecule has 35 heavy (non-hydrogen) atoms. The van der Waals surface area contributed by atoms with Gasteiger partial charge in [0.05, 0.1) is 40.9 Å². The van der Waals surface area contributed by atoms with Crippen molar-refractivity contribution >= 4 is 22.8 Å². The second-order valence-corrected chi connectivity index (χ2v) is 9.25. The second kappa shape index (κ2) is 9.49. The number of pyridine rings is 1. The molecule has 0 radical (unpaired) electrons. The van der Waals surface area contributed by atoms with E-state index in [1.54, 1.807) is 23.2 Å². The normalized spacial score (nSPS) is 17.1. The molecule has 3 aromatic rings. The Labute approximate surface area is 203 Å².